The van der Waals surface area contributed by atoms with Crippen LogP contribution in [0, 0.1) is 6.92 Å². The Bertz CT molecular complexity index is 1630. The maximum Gasteiger partial charge on any atom is 0.0878 e. The van der Waals surface area contributed by atoms with Crippen molar-refractivity contribution in [3.8, 4) is 16.9 Å². The number of H-pyrrole nitrogens is 1. The molecule has 1 N–H and O–H groups in total. The molecule has 6 rings (SSSR count). The number of aryl methyl sites for hydroxylation is 3. The summed E-state index contributed by atoms with van der Waals surface area (Å²) in [5.41, 5.74) is 12.1. The van der Waals surface area contributed by atoms with E-state index < -0.39 is 0 Å². The molecule has 0 radical (unpaired) electrons. The van der Waals surface area contributed by atoms with Gasteiger partial charge in [-0.1, -0.05) is 67.4 Å². The van der Waals surface area contributed by atoms with Crippen LogP contribution in [0.25, 0.3) is 27.8 Å². The van der Waals surface area contributed by atoms with Crippen LogP contribution >= 0.6 is 11.6 Å². The van der Waals surface area contributed by atoms with Crippen LogP contribution in [-0.2, 0) is 31.5 Å². The van der Waals surface area contributed by atoms with Crippen molar-refractivity contribution in [2.45, 2.75) is 66.1 Å². The minimum Gasteiger partial charge on any atom is -0.361 e. The monoisotopic (exact) mass is 522 g/mol. The lowest BCUT2D eigenvalue weighted by molar-refractivity contribution is 0.123. The molecule has 0 unspecified atom stereocenters. The van der Waals surface area contributed by atoms with Crippen molar-refractivity contribution >= 4 is 22.5 Å². The quantitative estimate of drug-likeness (QED) is 0.243. The predicted octanol–water partition coefficient (Wildman–Crippen LogP) is 8.36. The third-order valence-corrected chi connectivity index (χ3v) is 8.64. The molecule has 0 atom stereocenters. The van der Waals surface area contributed by atoms with E-state index in [1.54, 1.807) is 0 Å². The van der Waals surface area contributed by atoms with Gasteiger partial charge in [0, 0.05) is 46.3 Å². The van der Waals surface area contributed by atoms with Crippen molar-refractivity contribution in [1.82, 2.24) is 19.7 Å². The molecular formula is C33H35ClN4. The smallest absolute Gasteiger partial charge is 0.0878 e. The van der Waals surface area contributed by atoms with Gasteiger partial charge in [0.15, 0.2) is 0 Å². The topological polar surface area (TPSA) is 36.9 Å². The summed E-state index contributed by atoms with van der Waals surface area (Å²) in [5, 5.41) is 7.48. The average molecular weight is 523 g/mol. The van der Waals surface area contributed by atoms with E-state index in [1.807, 2.05) is 12.3 Å². The molecular weight excluding hydrogens is 488 g/mol. The Balaban J connectivity index is 1.55. The number of nitrogens with zero attached hydrogens (tertiary/aromatic N) is 3. The Kier molecular flexibility index (Phi) is 6.20. The molecule has 38 heavy (non-hydrogen) atoms. The molecule has 4 nitrogen and oxygen atoms in total. The summed E-state index contributed by atoms with van der Waals surface area (Å²) < 4.78 is 2.26. The number of benzene rings is 3. The molecule has 0 saturated heterocycles. The van der Waals surface area contributed by atoms with E-state index >= 15 is 0 Å². The summed E-state index contributed by atoms with van der Waals surface area (Å²) in [6, 6.07) is 21.8. The predicted molar refractivity (Wildman–Crippen MR) is 158 cm³/mol. The molecule has 0 saturated carbocycles. The number of nitrogens with one attached hydrogen (secondary N) is 1. The fourth-order valence-electron chi connectivity index (χ4n) is 6.06. The van der Waals surface area contributed by atoms with E-state index in [2.05, 4.69) is 104 Å². The Morgan fingerprint density at radius 1 is 0.947 bits per heavy atom. The first kappa shape index (κ1) is 25.0. The van der Waals surface area contributed by atoms with Crippen LogP contribution in [0.1, 0.15) is 61.2 Å². The van der Waals surface area contributed by atoms with Crippen LogP contribution in [-0.4, -0.2) is 19.7 Å². The number of para-hydroxylation sites is 1. The highest BCUT2D eigenvalue weighted by molar-refractivity contribution is 6.31. The molecule has 3 aromatic carbocycles. The molecule has 3 heterocycles. The van der Waals surface area contributed by atoms with Gasteiger partial charge in [-0.3, -0.25) is 4.90 Å². The molecule has 2 aromatic heterocycles. The van der Waals surface area contributed by atoms with Crippen LogP contribution in [0.3, 0.4) is 0 Å². The first-order valence-electron chi connectivity index (χ1n) is 13.6. The van der Waals surface area contributed by atoms with Gasteiger partial charge >= 0.3 is 0 Å². The molecule has 0 bridgehead atoms. The molecule has 194 valence electrons. The summed E-state index contributed by atoms with van der Waals surface area (Å²) in [4.78, 5) is 5.86. The number of halogens is 1. The highest BCUT2D eigenvalue weighted by atomic mass is 35.5. The van der Waals surface area contributed by atoms with Crippen molar-refractivity contribution in [3.63, 3.8) is 0 Å². The minimum absolute atomic E-state index is 0.242. The van der Waals surface area contributed by atoms with Crippen LogP contribution in [0.5, 0.6) is 0 Å². The molecule has 5 aromatic rings. The van der Waals surface area contributed by atoms with Gasteiger partial charge in [-0.25, -0.2) is 4.68 Å². The SMILES string of the molecule is CCc1cccc(CC)c1-n1nc2c(c1-c1ccc3[nH]ccc3c1)CN(Cc1cc(C)ccc1Cl)C2(C)C. The summed E-state index contributed by atoms with van der Waals surface area (Å²) in [7, 11) is 0. The van der Waals surface area contributed by atoms with E-state index in [4.69, 9.17) is 16.7 Å². The lowest BCUT2D eigenvalue weighted by Gasteiger charge is -2.32. The van der Waals surface area contributed by atoms with Gasteiger partial charge in [0.2, 0.25) is 0 Å². The largest absolute Gasteiger partial charge is 0.361 e. The number of hydrogen-bond acceptors (Lipinski definition) is 2. The summed E-state index contributed by atoms with van der Waals surface area (Å²) in [6.45, 7) is 12.8. The minimum atomic E-state index is -0.242. The standard InChI is InChI=1S/C33H35ClN4/c1-6-22-9-8-10-23(7-2)30(22)38-31(25-12-14-29-24(18-25)15-16-35-29)27-20-37(33(4,5)32(27)36-38)19-26-17-21(3)11-13-28(26)34/h8-18,35H,6-7,19-20H2,1-5H3. The second-order valence-corrected chi connectivity index (χ2v) is 11.4. The molecule has 0 fully saturated rings. The lowest BCUT2D eigenvalue weighted by atomic mass is 9.97. The van der Waals surface area contributed by atoms with Gasteiger partial charge in [-0.05, 0) is 74.6 Å². The summed E-state index contributed by atoms with van der Waals surface area (Å²) >= 11 is 6.65. The number of hydrogen-bond donors (Lipinski definition) is 1. The molecule has 5 heteroatoms. The Hall–Kier alpha value is -3.34. The maximum absolute atomic E-state index is 6.65. The molecule has 1 aliphatic heterocycles. The highest BCUT2D eigenvalue weighted by Gasteiger charge is 2.43. The molecule has 0 spiro atoms. The van der Waals surface area contributed by atoms with Crippen molar-refractivity contribution in [1.29, 1.82) is 0 Å². The number of rotatable bonds is 6. The van der Waals surface area contributed by atoms with Gasteiger partial charge < -0.3 is 4.98 Å². The van der Waals surface area contributed by atoms with Crippen LogP contribution in [0.2, 0.25) is 5.02 Å². The Morgan fingerprint density at radius 2 is 1.71 bits per heavy atom. The third-order valence-electron chi connectivity index (χ3n) is 8.27. The van der Waals surface area contributed by atoms with Crippen molar-refractivity contribution in [2.24, 2.45) is 0 Å². The first-order valence-corrected chi connectivity index (χ1v) is 14.0. The van der Waals surface area contributed by atoms with Crippen molar-refractivity contribution in [3.05, 3.63) is 105 Å². The maximum atomic E-state index is 6.65. The first-order chi connectivity index (χ1) is 18.3. The molecule has 1 aliphatic rings. The van der Waals surface area contributed by atoms with E-state index in [0.717, 1.165) is 47.7 Å². The number of aromatic nitrogens is 3. The van der Waals surface area contributed by atoms with Crippen LogP contribution in [0.15, 0.2) is 66.9 Å². The van der Waals surface area contributed by atoms with Crippen LogP contribution in [0.4, 0.5) is 0 Å². The number of aromatic amines is 1. The Morgan fingerprint density at radius 3 is 2.45 bits per heavy atom. The summed E-state index contributed by atoms with van der Waals surface area (Å²) in [5.74, 6) is 0. The third kappa shape index (κ3) is 3.98. The second kappa shape index (κ2) is 9.44. The van der Waals surface area contributed by atoms with Gasteiger partial charge in [0.05, 0.1) is 22.6 Å². The fraction of sp³-hybridized carbons (Fsp3) is 0.303. The van der Waals surface area contributed by atoms with E-state index in [-0.39, 0.29) is 5.54 Å². The van der Waals surface area contributed by atoms with Gasteiger partial charge in [0.25, 0.3) is 0 Å². The molecule has 0 amide bonds. The number of fused-ring (bicyclic) bond motifs is 2. The van der Waals surface area contributed by atoms with Crippen molar-refractivity contribution in [2.75, 3.05) is 0 Å². The van der Waals surface area contributed by atoms with E-state index in [1.165, 1.54) is 44.6 Å². The van der Waals surface area contributed by atoms with Crippen LogP contribution < -0.4 is 0 Å². The average Bonchev–Trinajstić information content (AvgIpc) is 3.59. The van der Waals surface area contributed by atoms with Crippen molar-refractivity contribution < 1.29 is 0 Å². The zero-order valence-corrected chi connectivity index (χ0v) is 23.7. The highest BCUT2D eigenvalue weighted by Crippen LogP contribution is 2.45. The summed E-state index contributed by atoms with van der Waals surface area (Å²) in [6.07, 6.45) is 3.94. The lowest BCUT2D eigenvalue weighted by Crippen LogP contribution is -2.36. The zero-order valence-electron chi connectivity index (χ0n) is 22.9. The molecule has 0 aliphatic carbocycles. The normalized spacial score (nSPS) is 14.9. The fourth-order valence-corrected chi connectivity index (χ4v) is 6.24. The Labute approximate surface area is 230 Å². The zero-order chi connectivity index (χ0) is 26.6. The van der Waals surface area contributed by atoms with Gasteiger partial charge in [0.1, 0.15) is 0 Å². The van der Waals surface area contributed by atoms with E-state index in [9.17, 15) is 0 Å². The van der Waals surface area contributed by atoms with Gasteiger partial charge in [-0.2, -0.15) is 5.10 Å². The van der Waals surface area contributed by atoms with E-state index in [0.29, 0.717) is 0 Å². The van der Waals surface area contributed by atoms with Gasteiger partial charge in [-0.15, -0.1) is 0 Å². The second-order valence-electron chi connectivity index (χ2n) is 11.0.